The molecule has 0 aliphatic carbocycles. The van der Waals surface area contributed by atoms with Crippen molar-refractivity contribution in [2.24, 2.45) is 0 Å². The summed E-state index contributed by atoms with van der Waals surface area (Å²) in [5.74, 6) is 0.368. The van der Waals surface area contributed by atoms with E-state index in [0.717, 1.165) is 22.3 Å². The fourth-order valence-electron chi connectivity index (χ4n) is 3.44. The fraction of sp³-hybridized carbons (Fsp3) is 0.160. The third-order valence-electron chi connectivity index (χ3n) is 4.92. The standard InChI is InChI=1S/C25H24N4O2S/c1-19-6-3-8-21(14-19)12-13-32(30,31)18-23-10-5-11-24(16-23)25-26-28-29(27-25)17-22-9-4-7-20(2)15-22/h3-16H,17-18H2,1-2H3/b13-12+. The van der Waals surface area contributed by atoms with Gasteiger partial charge in [-0.2, -0.15) is 4.80 Å². The second-order valence-electron chi connectivity index (χ2n) is 7.86. The maximum Gasteiger partial charge on any atom is 0.204 e. The Balaban J connectivity index is 1.48. The van der Waals surface area contributed by atoms with Gasteiger partial charge in [0.05, 0.1) is 12.3 Å². The maximum absolute atomic E-state index is 12.6. The summed E-state index contributed by atoms with van der Waals surface area (Å²) < 4.78 is 25.2. The summed E-state index contributed by atoms with van der Waals surface area (Å²) in [5, 5.41) is 14.0. The quantitative estimate of drug-likeness (QED) is 0.417. The number of sulfone groups is 1. The normalized spacial score (nSPS) is 11.8. The van der Waals surface area contributed by atoms with E-state index in [1.807, 2.05) is 68.4 Å². The van der Waals surface area contributed by atoms with Crippen molar-refractivity contribution in [1.29, 1.82) is 0 Å². The molecule has 0 N–H and O–H groups in total. The van der Waals surface area contributed by atoms with E-state index in [2.05, 4.69) is 21.5 Å². The highest BCUT2D eigenvalue weighted by Gasteiger charge is 2.11. The summed E-state index contributed by atoms with van der Waals surface area (Å²) in [5.41, 5.74) is 5.61. The SMILES string of the molecule is Cc1cccc(/C=C/S(=O)(=O)Cc2cccc(-c3nnn(Cc4cccc(C)c4)n3)c2)c1. The van der Waals surface area contributed by atoms with E-state index in [0.29, 0.717) is 17.9 Å². The molecule has 0 amide bonds. The first kappa shape index (κ1) is 21.6. The molecule has 4 rings (SSSR count). The number of tetrazole rings is 1. The van der Waals surface area contributed by atoms with Crippen LogP contribution in [0, 0.1) is 13.8 Å². The van der Waals surface area contributed by atoms with Crippen molar-refractivity contribution >= 4 is 15.9 Å². The average molecular weight is 445 g/mol. The number of aromatic nitrogens is 4. The number of hydrogen-bond donors (Lipinski definition) is 0. The molecule has 0 atom stereocenters. The van der Waals surface area contributed by atoms with Crippen LogP contribution in [0.3, 0.4) is 0 Å². The van der Waals surface area contributed by atoms with Crippen molar-refractivity contribution in [3.63, 3.8) is 0 Å². The Morgan fingerprint density at radius 2 is 1.59 bits per heavy atom. The summed E-state index contributed by atoms with van der Waals surface area (Å²) in [6, 6.07) is 23.1. The highest BCUT2D eigenvalue weighted by molar-refractivity contribution is 7.93. The Morgan fingerprint density at radius 3 is 2.38 bits per heavy atom. The van der Waals surface area contributed by atoms with Gasteiger partial charge in [-0.05, 0) is 47.9 Å². The van der Waals surface area contributed by atoms with E-state index in [4.69, 9.17) is 0 Å². The third-order valence-corrected chi connectivity index (χ3v) is 6.21. The van der Waals surface area contributed by atoms with Crippen molar-refractivity contribution in [2.45, 2.75) is 26.1 Å². The number of nitrogens with zero attached hydrogens (tertiary/aromatic N) is 4. The Morgan fingerprint density at radius 1 is 0.875 bits per heavy atom. The third kappa shape index (κ3) is 5.76. The van der Waals surface area contributed by atoms with Crippen LogP contribution in [0.15, 0.2) is 78.2 Å². The summed E-state index contributed by atoms with van der Waals surface area (Å²) in [4.78, 5) is 1.54. The smallest absolute Gasteiger partial charge is 0.204 e. The lowest BCUT2D eigenvalue weighted by Crippen LogP contribution is -2.04. The molecule has 162 valence electrons. The molecule has 0 saturated carbocycles. The van der Waals surface area contributed by atoms with Gasteiger partial charge in [0.25, 0.3) is 0 Å². The van der Waals surface area contributed by atoms with Crippen molar-refractivity contribution in [3.8, 4) is 11.4 Å². The molecule has 0 aliphatic heterocycles. The predicted octanol–water partition coefficient (Wildman–Crippen LogP) is 4.59. The van der Waals surface area contributed by atoms with E-state index >= 15 is 0 Å². The van der Waals surface area contributed by atoms with Gasteiger partial charge in [-0.15, -0.1) is 10.2 Å². The second kappa shape index (κ2) is 9.28. The van der Waals surface area contributed by atoms with Gasteiger partial charge in [0.1, 0.15) is 0 Å². The van der Waals surface area contributed by atoms with Crippen LogP contribution in [-0.2, 0) is 22.1 Å². The van der Waals surface area contributed by atoms with Crippen LogP contribution in [0.25, 0.3) is 17.5 Å². The van der Waals surface area contributed by atoms with Gasteiger partial charge >= 0.3 is 0 Å². The van der Waals surface area contributed by atoms with Crippen molar-refractivity contribution in [3.05, 3.63) is 106 Å². The van der Waals surface area contributed by atoms with E-state index in [-0.39, 0.29) is 5.75 Å². The topological polar surface area (TPSA) is 77.7 Å². The van der Waals surface area contributed by atoms with Crippen LogP contribution < -0.4 is 0 Å². The molecule has 7 heteroatoms. The van der Waals surface area contributed by atoms with E-state index in [1.54, 1.807) is 18.2 Å². The first-order valence-electron chi connectivity index (χ1n) is 10.3. The highest BCUT2D eigenvalue weighted by atomic mass is 32.2. The number of rotatable bonds is 7. The molecule has 0 bridgehead atoms. The summed E-state index contributed by atoms with van der Waals surface area (Å²) >= 11 is 0. The van der Waals surface area contributed by atoms with Gasteiger partial charge in [-0.25, -0.2) is 8.42 Å². The van der Waals surface area contributed by atoms with Crippen LogP contribution in [-0.4, -0.2) is 28.6 Å². The first-order valence-corrected chi connectivity index (χ1v) is 12.0. The molecule has 0 fully saturated rings. The second-order valence-corrected chi connectivity index (χ2v) is 9.74. The summed E-state index contributed by atoms with van der Waals surface area (Å²) in [6.07, 6.45) is 1.63. The van der Waals surface area contributed by atoms with E-state index in [1.165, 1.54) is 15.8 Å². The molecule has 0 unspecified atom stereocenters. The molecule has 6 nitrogen and oxygen atoms in total. The fourth-order valence-corrected chi connectivity index (χ4v) is 4.54. The molecular formula is C25H24N4O2S. The summed E-state index contributed by atoms with van der Waals surface area (Å²) in [6.45, 7) is 4.54. The zero-order valence-corrected chi connectivity index (χ0v) is 18.8. The average Bonchev–Trinajstić information content (AvgIpc) is 3.21. The van der Waals surface area contributed by atoms with Crippen molar-refractivity contribution in [1.82, 2.24) is 20.2 Å². The lowest BCUT2D eigenvalue weighted by Gasteiger charge is -2.03. The molecule has 0 radical (unpaired) electrons. The Bertz CT molecular complexity index is 1370. The zero-order chi connectivity index (χ0) is 22.6. The minimum Gasteiger partial charge on any atom is -0.224 e. The minimum absolute atomic E-state index is 0.0966. The molecule has 32 heavy (non-hydrogen) atoms. The molecule has 3 aromatic carbocycles. The first-order chi connectivity index (χ1) is 15.4. The zero-order valence-electron chi connectivity index (χ0n) is 18.0. The molecule has 0 saturated heterocycles. The van der Waals surface area contributed by atoms with Gasteiger partial charge in [0.2, 0.25) is 5.82 Å². The largest absolute Gasteiger partial charge is 0.224 e. The number of benzene rings is 3. The lowest BCUT2D eigenvalue weighted by atomic mass is 10.1. The Hall–Kier alpha value is -3.58. The number of aryl methyl sites for hydroxylation is 2. The van der Waals surface area contributed by atoms with Gasteiger partial charge in [-0.1, -0.05) is 77.9 Å². The van der Waals surface area contributed by atoms with Gasteiger partial charge < -0.3 is 0 Å². The lowest BCUT2D eigenvalue weighted by molar-refractivity contribution is 0.572. The van der Waals surface area contributed by atoms with Crippen LogP contribution in [0.4, 0.5) is 0 Å². The maximum atomic E-state index is 12.6. The number of hydrogen-bond acceptors (Lipinski definition) is 5. The molecule has 1 aromatic heterocycles. The van der Waals surface area contributed by atoms with Crippen LogP contribution in [0.2, 0.25) is 0 Å². The highest BCUT2D eigenvalue weighted by Crippen LogP contribution is 2.18. The van der Waals surface area contributed by atoms with Gasteiger partial charge in [0.15, 0.2) is 9.84 Å². The minimum atomic E-state index is -3.43. The molecule has 1 heterocycles. The molecular weight excluding hydrogens is 420 g/mol. The van der Waals surface area contributed by atoms with E-state index < -0.39 is 9.84 Å². The van der Waals surface area contributed by atoms with Crippen LogP contribution in [0.5, 0.6) is 0 Å². The summed E-state index contributed by atoms with van der Waals surface area (Å²) in [7, 11) is -3.43. The molecule has 0 spiro atoms. The van der Waals surface area contributed by atoms with E-state index in [9.17, 15) is 8.42 Å². The van der Waals surface area contributed by atoms with Crippen LogP contribution >= 0.6 is 0 Å². The molecule has 0 aliphatic rings. The predicted molar refractivity (Wildman–Crippen MR) is 126 cm³/mol. The van der Waals surface area contributed by atoms with Gasteiger partial charge in [0, 0.05) is 11.0 Å². The Labute approximate surface area is 188 Å². The van der Waals surface area contributed by atoms with Crippen LogP contribution in [0.1, 0.15) is 27.8 Å². The molecule has 4 aromatic rings. The Kier molecular flexibility index (Phi) is 6.28. The monoisotopic (exact) mass is 444 g/mol. The van der Waals surface area contributed by atoms with Crippen molar-refractivity contribution in [2.75, 3.05) is 0 Å². The van der Waals surface area contributed by atoms with Gasteiger partial charge in [-0.3, -0.25) is 0 Å². The van der Waals surface area contributed by atoms with Crippen molar-refractivity contribution < 1.29 is 8.42 Å².